The van der Waals surface area contributed by atoms with Crippen molar-refractivity contribution in [2.45, 2.75) is 64.7 Å². The Balaban J connectivity index is 1.45. The van der Waals surface area contributed by atoms with Gasteiger partial charge in [-0.1, -0.05) is 13.8 Å². The maximum atomic E-state index is 12.1. The van der Waals surface area contributed by atoms with Crippen molar-refractivity contribution in [2.24, 2.45) is 17.3 Å². The maximum Gasteiger partial charge on any atom is 0.216 e. The zero-order valence-electron chi connectivity index (χ0n) is 14.6. The zero-order valence-corrected chi connectivity index (χ0v) is 15.4. The second kappa shape index (κ2) is 5.75. The Bertz CT molecular complexity index is 493. The van der Waals surface area contributed by atoms with Crippen molar-refractivity contribution in [1.82, 2.24) is 9.21 Å². The summed E-state index contributed by atoms with van der Waals surface area (Å²) in [7, 11) is -3.03. The van der Waals surface area contributed by atoms with Gasteiger partial charge in [-0.2, -0.15) is 0 Å². The first-order valence-corrected chi connectivity index (χ1v) is 10.5. The fourth-order valence-electron chi connectivity index (χ4n) is 4.59. The summed E-state index contributed by atoms with van der Waals surface area (Å²) >= 11 is 0. The van der Waals surface area contributed by atoms with Crippen LogP contribution in [0.2, 0.25) is 0 Å². The Morgan fingerprint density at radius 1 is 1.00 bits per heavy atom. The minimum atomic E-state index is -3.03. The third kappa shape index (κ3) is 2.84. The lowest BCUT2D eigenvalue weighted by molar-refractivity contribution is -0.0833. The highest BCUT2D eigenvalue weighted by Gasteiger charge is 2.56. The lowest BCUT2D eigenvalue weighted by Crippen LogP contribution is -2.68. The van der Waals surface area contributed by atoms with E-state index in [0.717, 1.165) is 31.0 Å². The van der Waals surface area contributed by atoms with Crippen LogP contribution in [0.15, 0.2) is 0 Å². The summed E-state index contributed by atoms with van der Waals surface area (Å²) in [5, 5.41) is -0.282. The Morgan fingerprint density at radius 3 is 2.00 bits per heavy atom. The van der Waals surface area contributed by atoms with Gasteiger partial charge in [0.1, 0.15) is 0 Å². The second-order valence-electron chi connectivity index (χ2n) is 8.54. The van der Waals surface area contributed by atoms with Crippen LogP contribution < -0.4 is 0 Å². The largest absolute Gasteiger partial charge is 0.300 e. The number of hydrogen-bond acceptors (Lipinski definition) is 3. The first kappa shape index (κ1) is 16.7. The summed E-state index contributed by atoms with van der Waals surface area (Å²) in [5.41, 5.74) is 0.321. The first-order chi connectivity index (χ1) is 10.2. The van der Waals surface area contributed by atoms with E-state index >= 15 is 0 Å². The molecule has 2 heterocycles. The van der Waals surface area contributed by atoms with Gasteiger partial charge in [0, 0.05) is 24.5 Å². The molecular weight excluding hydrogens is 296 g/mol. The molecule has 0 bridgehead atoms. The monoisotopic (exact) mass is 328 g/mol. The van der Waals surface area contributed by atoms with Crippen LogP contribution in [0.3, 0.4) is 0 Å². The summed E-state index contributed by atoms with van der Waals surface area (Å²) in [6.07, 6.45) is 5.11. The van der Waals surface area contributed by atoms with E-state index in [4.69, 9.17) is 0 Å². The molecule has 3 aliphatic rings. The van der Waals surface area contributed by atoms with Gasteiger partial charge in [0.05, 0.1) is 5.25 Å². The maximum absolute atomic E-state index is 12.1. The van der Waals surface area contributed by atoms with Crippen LogP contribution in [-0.4, -0.2) is 55.1 Å². The van der Waals surface area contributed by atoms with Crippen LogP contribution in [0.4, 0.5) is 0 Å². The van der Waals surface area contributed by atoms with Gasteiger partial charge in [-0.15, -0.1) is 0 Å². The molecule has 1 saturated carbocycles. The molecule has 22 heavy (non-hydrogen) atoms. The van der Waals surface area contributed by atoms with E-state index in [-0.39, 0.29) is 5.25 Å². The molecule has 1 aliphatic carbocycles. The summed E-state index contributed by atoms with van der Waals surface area (Å²) in [6.45, 7) is 12.3. The molecule has 0 amide bonds. The van der Waals surface area contributed by atoms with E-state index in [0.29, 0.717) is 5.41 Å². The molecule has 5 heteroatoms. The smallest absolute Gasteiger partial charge is 0.216 e. The predicted octanol–water partition coefficient (Wildman–Crippen LogP) is 2.56. The summed E-state index contributed by atoms with van der Waals surface area (Å²) < 4.78 is 26.0. The molecule has 3 fully saturated rings. The molecule has 1 spiro atoms. The van der Waals surface area contributed by atoms with E-state index in [2.05, 4.69) is 18.7 Å². The normalized spacial score (nSPS) is 28.3. The second-order valence-corrected chi connectivity index (χ2v) is 11.0. The first-order valence-electron chi connectivity index (χ1n) is 8.96. The molecule has 128 valence electrons. The molecule has 0 aromatic carbocycles. The molecule has 0 aromatic rings. The molecule has 4 nitrogen and oxygen atoms in total. The topological polar surface area (TPSA) is 40.6 Å². The van der Waals surface area contributed by atoms with E-state index < -0.39 is 10.0 Å². The molecule has 0 radical (unpaired) electrons. The fourth-order valence-corrected chi connectivity index (χ4v) is 6.09. The van der Waals surface area contributed by atoms with Crippen molar-refractivity contribution in [3.8, 4) is 0 Å². The molecule has 0 atom stereocenters. The van der Waals surface area contributed by atoms with Crippen LogP contribution in [0.1, 0.15) is 53.4 Å². The van der Waals surface area contributed by atoms with Crippen molar-refractivity contribution in [2.75, 3.05) is 26.2 Å². The number of piperidine rings is 1. The standard InChI is InChI=1S/C17H32N2O2S/c1-13(2)15-5-7-18(8-6-15)16-9-17(10-16)11-19(12-17)22(20,21)14(3)4/h13-16H,5-12H2,1-4H3. The molecule has 0 N–H and O–H groups in total. The minimum absolute atomic E-state index is 0.282. The Kier molecular flexibility index (Phi) is 4.37. The van der Waals surface area contributed by atoms with Crippen molar-refractivity contribution < 1.29 is 8.42 Å². The van der Waals surface area contributed by atoms with Crippen molar-refractivity contribution >= 4 is 10.0 Å². The van der Waals surface area contributed by atoms with E-state index in [1.165, 1.54) is 38.8 Å². The lowest BCUT2D eigenvalue weighted by Gasteiger charge is -2.61. The zero-order chi connectivity index (χ0) is 16.1. The third-order valence-corrected chi connectivity index (χ3v) is 8.52. The van der Waals surface area contributed by atoms with Crippen LogP contribution in [-0.2, 0) is 10.0 Å². The fraction of sp³-hybridized carbons (Fsp3) is 1.00. The van der Waals surface area contributed by atoms with Gasteiger partial charge >= 0.3 is 0 Å². The van der Waals surface area contributed by atoms with Crippen LogP contribution in [0, 0.1) is 17.3 Å². The van der Waals surface area contributed by atoms with E-state index in [9.17, 15) is 8.42 Å². The minimum Gasteiger partial charge on any atom is -0.300 e. The SMILES string of the molecule is CC(C)C1CCN(C2CC3(C2)CN(S(=O)(=O)C(C)C)C3)CC1. The summed E-state index contributed by atoms with van der Waals surface area (Å²) in [6, 6.07) is 0.719. The Hall–Kier alpha value is -0.130. The highest BCUT2D eigenvalue weighted by atomic mass is 32.2. The van der Waals surface area contributed by atoms with E-state index in [1.807, 2.05) is 0 Å². The van der Waals surface area contributed by atoms with Gasteiger partial charge in [0.2, 0.25) is 10.0 Å². The van der Waals surface area contributed by atoms with Gasteiger partial charge in [0.15, 0.2) is 0 Å². The Labute approximate surface area is 136 Å². The van der Waals surface area contributed by atoms with Crippen molar-refractivity contribution in [3.05, 3.63) is 0 Å². The van der Waals surface area contributed by atoms with Gasteiger partial charge < -0.3 is 4.90 Å². The van der Waals surface area contributed by atoms with Crippen molar-refractivity contribution in [3.63, 3.8) is 0 Å². The van der Waals surface area contributed by atoms with Gasteiger partial charge in [-0.3, -0.25) is 0 Å². The van der Waals surface area contributed by atoms with Gasteiger partial charge in [0.25, 0.3) is 0 Å². The van der Waals surface area contributed by atoms with Crippen LogP contribution >= 0.6 is 0 Å². The molecule has 3 rings (SSSR count). The van der Waals surface area contributed by atoms with Crippen LogP contribution in [0.25, 0.3) is 0 Å². The predicted molar refractivity (Wildman–Crippen MR) is 90.2 cm³/mol. The molecule has 2 saturated heterocycles. The number of nitrogens with zero attached hydrogens (tertiary/aromatic N) is 2. The average molecular weight is 329 g/mol. The summed E-state index contributed by atoms with van der Waals surface area (Å²) in [5.74, 6) is 1.72. The lowest BCUT2D eigenvalue weighted by atomic mass is 9.61. The number of rotatable bonds is 4. The number of hydrogen-bond donors (Lipinski definition) is 0. The highest BCUT2D eigenvalue weighted by Crippen LogP contribution is 2.51. The van der Waals surface area contributed by atoms with E-state index in [1.54, 1.807) is 18.2 Å². The highest BCUT2D eigenvalue weighted by molar-refractivity contribution is 7.89. The molecule has 0 unspecified atom stereocenters. The number of likely N-dealkylation sites (tertiary alicyclic amines) is 1. The quantitative estimate of drug-likeness (QED) is 0.796. The van der Waals surface area contributed by atoms with Gasteiger partial charge in [-0.25, -0.2) is 12.7 Å². The van der Waals surface area contributed by atoms with Gasteiger partial charge in [-0.05, 0) is 64.5 Å². The molecule has 0 aromatic heterocycles. The van der Waals surface area contributed by atoms with Crippen molar-refractivity contribution in [1.29, 1.82) is 0 Å². The Morgan fingerprint density at radius 2 is 1.55 bits per heavy atom. The average Bonchev–Trinajstić information content (AvgIpc) is 2.35. The molecule has 2 aliphatic heterocycles. The summed E-state index contributed by atoms with van der Waals surface area (Å²) in [4.78, 5) is 2.67. The molecular formula is C17H32N2O2S. The van der Waals surface area contributed by atoms with Crippen LogP contribution in [0.5, 0.6) is 0 Å². The third-order valence-electron chi connectivity index (χ3n) is 6.35. The number of sulfonamides is 1.